The molecule has 0 aromatic heterocycles. The summed E-state index contributed by atoms with van der Waals surface area (Å²) < 4.78 is 5.33. The Hall–Kier alpha value is -1.10. The topological polar surface area (TPSA) is 66.8 Å². The van der Waals surface area contributed by atoms with Gasteiger partial charge < -0.3 is 14.7 Å². The maximum Gasteiger partial charge on any atom is 0.305 e. The second kappa shape index (κ2) is 7.78. The standard InChI is InChI=1S/C16H27NO4/c1-21-14-9-13(10-16(19)20)17(11-14)15(18)8-12-6-4-2-3-5-7-12/h12-14H,2-11H2,1H3,(H,19,20). The Kier molecular flexibility index (Phi) is 6.03. The first-order chi connectivity index (χ1) is 10.1. The Bertz CT molecular complexity index is 363. The zero-order chi connectivity index (χ0) is 15.2. The van der Waals surface area contributed by atoms with Crippen molar-refractivity contribution in [2.24, 2.45) is 5.92 Å². The van der Waals surface area contributed by atoms with Crippen molar-refractivity contribution in [3.8, 4) is 0 Å². The number of carboxylic acids is 1. The van der Waals surface area contributed by atoms with Crippen LogP contribution in [0.4, 0.5) is 0 Å². The lowest BCUT2D eigenvalue weighted by Gasteiger charge is -2.25. The first kappa shape index (κ1) is 16.3. The molecule has 1 saturated carbocycles. The molecule has 120 valence electrons. The first-order valence-corrected chi connectivity index (χ1v) is 8.14. The van der Waals surface area contributed by atoms with Crippen molar-refractivity contribution >= 4 is 11.9 Å². The molecule has 21 heavy (non-hydrogen) atoms. The van der Waals surface area contributed by atoms with Gasteiger partial charge in [-0.3, -0.25) is 9.59 Å². The number of methoxy groups -OCH3 is 1. The summed E-state index contributed by atoms with van der Waals surface area (Å²) in [6.07, 6.45) is 8.49. The number of ether oxygens (including phenoxy) is 1. The van der Waals surface area contributed by atoms with Crippen LogP contribution in [0.1, 0.15) is 57.8 Å². The van der Waals surface area contributed by atoms with Crippen LogP contribution in [0.25, 0.3) is 0 Å². The van der Waals surface area contributed by atoms with Crippen molar-refractivity contribution in [3.63, 3.8) is 0 Å². The number of carboxylic acid groups (broad SMARTS) is 1. The molecule has 0 bridgehead atoms. The molecule has 2 unspecified atom stereocenters. The number of hydrogen-bond acceptors (Lipinski definition) is 3. The van der Waals surface area contributed by atoms with Gasteiger partial charge in [-0.25, -0.2) is 0 Å². The second-order valence-electron chi connectivity index (χ2n) is 6.45. The third-order valence-electron chi connectivity index (χ3n) is 4.88. The van der Waals surface area contributed by atoms with Gasteiger partial charge in [0, 0.05) is 26.1 Å². The van der Waals surface area contributed by atoms with Crippen LogP contribution in [0.5, 0.6) is 0 Å². The van der Waals surface area contributed by atoms with E-state index in [2.05, 4.69) is 0 Å². The van der Waals surface area contributed by atoms with E-state index in [1.807, 2.05) is 0 Å². The Balaban J connectivity index is 1.92. The van der Waals surface area contributed by atoms with Crippen molar-refractivity contribution in [1.29, 1.82) is 0 Å². The van der Waals surface area contributed by atoms with E-state index in [9.17, 15) is 9.59 Å². The molecule has 1 saturated heterocycles. The quantitative estimate of drug-likeness (QED) is 0.791. The highest BCUT2D eigenvalue weighted by Gasteiger charge is 2.36. The number of likely N-dealkylation sites (tertiary alicyclic amines) is 1. The number of nitrogens with zero attached hydrogens (tertiary/aromatic N) is 1. The van der Waals surface area contributed by atoms with Crippen LogP contribution < -0.4 is 0 Å². The smallest absolute Gasteiger partial charge is 0.305 e. The summed E-state index contributed by atoms with van der Waals surface area (Å²) in [6, 6.07) is -0.203. The molecule has 1 heterocycles. The van der Waals surface area contributed by atoms with Crippen LogP contribution in [0, 0.1) is 5.92 Å². The monoisotopic (exact) mass is 297 g/mol. The molecular formula is C16H27NO4. The van der Waals surface area contributed by atoms with Crippen molar-refractivity contribution in [2.75, 3.05) is 13.7 Å². The summed E-state index contributed by atoms with van der Waals surface area (Å²) >= 11 is 0. The number of hydrogen-bond donors (Lipinski definition) is 1. The molecule has 5 heteroatoms. The maximum atomic E-state index is 12.6. The highest BCUT2D eigenvalue weighted by Crippen LogP contribution is 2.29. The fraction of sp³-hybridized carbons (Fsp3) is 0.875. The van der Waals surface area contributed by atoms with Gasteiger partial charge in [0.05, 0.1) is 12.5 Å². The molecule has 5 nitrogen and oxygen atoms in total. The number of carbonyl (C=O) groups is 2. The van der Waals surface area contributed by atoms with Gasteiger partial charge >= 0.3 is 5.97 Å². The minimum Gasteiger partial charge on any atom is -0.481 e. The van der Waals surface area contributed by atoms with E-state index >= 15 is 0 Å². The Morgan fingerprint density at radius 2 is 1.81 bits per heavy atom. The summed E-state index contributed by atoms with van der Waals surface area (Å²) in [6.45, 7) is 0.542. The number of aliphatic carboxylic acids is 1. The van der Waals surface area contributed by atoms with Crippen molar-refractivity contribution in [1.82, 2.24) is 4.90 Å². The molecular weight excluding hydrogens is 270 g/mol. The molecule has 2 fully saturated rings. The predicted octanol–water partition coefficient (Wildman–Crippen LogP) is 2.44. The number of amides is 1. The average Bonchev–Trinajstić information content (AvgIpc) is 2.66. The third kappa shape index (κ3) is 4.70. The SMILES string of the molecule is COC1CC(CC(=O)O)N(C(=O)CC2CCCCCC2)C1. The van der Waals surface area contributed by atoms with Gasteiger partial charge in [-0.05, 0) is 25.2 Å². The lowest BCUT2D eigenvalue weighted by Crippen LogP contribution is -2.38. The average molecular weight is 297 g/mol. The zero-order valence-corrected chi connectivity index (χ0v) is 12.9. The number of rotatable bonds is 5. The van der Waals surface area contributed by atoms with Crippen molar-refractivity contribution in [2.45, 2.75) is 69.9 Å². The van der Waals surface area contributed by atoms with Crippen LogP contribution in [-0.2, 0) is 14.3 Å². The molecule has 1 N–H and O–H groups in total. The summed E-state index contributed by atoms with van der Waals surface area (Å²) in [4.78, 5) is 25.3. The van der Waals surface area contributed by atoms with E-state index < -0.39 is 5.97 Å². The van der Waals surface area contributed by atoms with Gasteiger partial charge in [0.25, 0.3) is 0 Å². The minimum atomic E-state index is -0.844. The normalized spacial score (nSPS) is 27.6. The lowest BCUT2D eigenvalue weighted by atomic mass is 9.96. The van der Waals surface area contributed by atoms with Gasteiger partial charge in [0.1, 0.15) is 0 Å². The maximum absolute atomic E-state index is 12.6. The van der Waals surface area contributed by atoms with Crippen LogP contribution in [0.2, 0.25) is 0 Å². The van der Waals surface area contributed by atoms with E-state index in [0.717, 1.165) is 12.8 Å². The fourth-order valence-corrected chi connectivity index (χ4v) is 3.68. The molecule has 0 radical (unpaired) electrons. The lowest BCUT2D eigenvalue weighted by molar-refractivity contribution is -0.140. The van der Waals surface area contributed by atoms with Gasteiger partial charge in [0.2, 0.25) is 5.91 Å². The molecule has 0 aromatic rings. The van der Waals surface area contributed by atoms with Crippen LogP contribution in [0.3, 0.4) is 0 Å². The zero-order valence-electron chi connectivity index (χ0n) is 12.9. The fourth-order valence-electron chi connectivity index (χ4n) is 3.68. The van der Waals surface area contributed by atoms with E-state index in [1.165, 1.54) is 25.7 Å². The molecule has 0 spiro atoms. The van der Waals surface area contributed by atoms with Crippen LogP contribution >= 0.6 is 0 Å². The second-order valence-corrected chi connectivity index (χ2v) is 6.45. The third-order valence-corrected chi connectivity index (χ3v) is 4.88. The van der Waals surface area contributed by atoms with Crippen molar-refractivity contribution < 1.29 is 19.4 Å². The summed E-state index contributed by atoms with van der Waals surface area (Å²) in [5, 5.41) is 9.01. The summed E-state index contributed by atoms with van der Waals surface area (Å²) in [5.74, 6) is -0.246. The molecule has 2 atom stereocenters. The Morgan fingerprint density at radius 1 is 1.14 bits per heavy atom. The number of carbonyl (C=O) groups excluding carboxylic acids is 1. The van der Waals surface area contributed by atoms with Crippen molar-refractivity contribution in [3.05, 3.63) is 0 Å². The first-order valence-electron chi connectivity index (χ1n) is 8.14. The Morgan fingerprint density at radius 3 is 2.38 bits per heavy atom. The van der Waals surface area contributed by atoms with Gasteiger partial charge in [0.15, 0.2) is 0 Å². The molecule has 2 rings (SSSR count). The molecule has 2 aliphatic rings. The van der Waals surface area contributed by atoms with Gasteiger partial charge in [-0.1, -0.05) is 25.7 Å². The van der Waals surface area contributed by atoms with E-state index in [4.69, 9.17) is 9.84 Å². The molecule has 0 aromatic carbocycles. The minimum absolute atomic E-state index is 0.0209. The van der Waals surface area contributed by atoms with Gasteiger partial charge in [-0.2, -0.15) is 0 Å². The van der Waals surface area contributed by atoms with E-state index in [1.54, 1.807) is 12.0 Å². The highest BCUT2D eigenvalue weighted by atomic mass is 16.5. The molecule has 1 amide bonds. The van der Waals surface area contributed by atoms with E-state index in [0.29, 0.717) is 25.3 Å². The largest absolute Gasteiger partial charge is 0.481 e. The summed E-state index contributed by atoms with van der Waals surface area (Å²) in [5.41, 5.74) is 0. The Labute approximate surface area is 126 Å². The molecule has 1 aliphatic carbocycles. The van der Waals surface area contributed by atoms with Crippen LogP contribution in [0.15, 0.2) is 0 Å². The highest BCUT2D eigenvalue weighted by molar-refractivity contribution is 5.78. The van der Waals surface area contributed by atoms with Gasteiger partial charge in [-0.15, -0.1) is 0 Å². The molecule has 1 aliphatic heterocycles. The predicted molar refractivity (Wildman–Crippen MR) is 79.0 cm³/mol. The van der Waals surface area contributed by atoms with E-state index in [-0.39, 0.29) is 24.5 Å². The summed E-state index contributed by atoms with van der Waals surface area (Å²) in [7, 11) is 1.63. The van der Waals surface area contributed by atoms with Crippen LogP contribution in [-0.4, -0.2) is 47.7 Å².